The first-order valence-corrected chi connectivity index (χ1v) is 4.64. The van der Waals surface area contributed by atoms with Gasteiger partial charge in [-0.05, 0) is 31.0 Å². The number of nitrogens with two attached hydrogens (primary N) is 1. The first-order valence-electron chi connectivity index (χ1n) is 4.64. The highest BCUT2D eigenvalue weighted by Gasteiger charge is 2.17. The van der Waals surface area contributed by atoms with Crippen LogP contribution in [-0.4, -0.2) is 13.2 Å². The zero-order chi connectivity index (χ0) is 10.1. The average molecular weight is 196 g/mol. The van der Waals surface area contributed by atoms with E-state index in [1.807, 2.05) is 0 Å². The van der Waals surface area contributed by atoms with Crippen molar-refractivity contribution >= 4 is 11.4 Å². The molecule has 1 aliphatic rings. The van der Waals surface area contributed by atoms with Crippen LogP contribution < -0.4 is 10.8 Å². The third kappa shape index (κ3) is 1.53. The van der Waals surface area contributed by atoms with Gasteiger partial charge in [0, 0.05) is 6.54 Å². The summed E-state index contributed by atoms with van der Waals surface area (Å²) in [7, 11) is 0. The number of rotatable bonds is 1. The molecular formula is C10H13FN2O. The van der Waals surface area contributed by atoms with E-state index in [2.05, 4.69) is 0 Å². The molecule has 14 heavy (non-hydrogen) atoms. The molecule has 1 heterocycles. The predicted octanol–water partition coefficient (Wildman–Crippen LogP) is 1.86. The van der Waals surface area contributed by atoms with Crippen LogP contribution in [0, 0.1) is 12.7 Å². The molecule has 0 amide bonds. The number of hydrogen-bond donors (Lipinski definition) is 1. The number of nitrogens with zero attached hydrogens (tertiary/aromatic N) is 1. The third-order valence-corrected chi connectivity index (χ3v) is 2.33. The maximum atomic E-state index is 13.1. The molecule has 2 N–H and O–H groups in total. The minimum Gasteiger partial charge on any atom is -0.397 e. The lowest BCUT2D eigenvalue weighted by Crippen LogP contribution is -2.18. The fourth-order valence-corrected chi connectivity index (χ4v) is 1.54. The van der Waals surface area contributed by atoms with E-state index in [9.17, 15) is 4.39 Å². The monoisotopic (exact) mass is 196 g/mol. The number of anilines is 2. The van der Waals surface area contributed by atoms with E-state index < -0.39 is 0 Å². The van der Waals surface area contributed by atoms with Crippen molar-refractivity contribution in [2.45, 2.75) is 13.3 Å². The highest BCUT2D eigenvalue weighted by atomic mass is 19.1. The molecule has 0 spiro atoms. The highest BCUT2D eigenvalue weighted by Crippen LogP contribution is 2.28. The van der Waals surface area contributed by atoms with Gasteiger partial charge in [0.05, 0.1) is 18.0 Å². The number of nitrogen functional groups attached to an aromatic ring is 1. The summed E-state index contributed by atoms with van der Waals surface area (Å²) in [6, 6.07) is 3.06. The molecule has 0 radical (unpaired) electrons. The molecule has 1 aromatic carbocycles. The molecule has 0 bridgehead atoms. The second kappa shape index (κ2) is 3.46. The normalized spacial score (nSPS) is 16.3. The summed E-state index contributed by atoms with van der Waals surface area (Å²) in [5, 5.41) is 1.72. The van der Waals surface area contributed by atoms with Gasteiger partial charge in [-0.25, -0.2) is 4.39 Å². The van der Waals surface area contributed by atoms with Gasteiger partial charge < -0.3 is 5.73 Å². The van der Waals surface area contributed by atoms with E-state index in [0.29, 0.717) is 17.9 Å². The highest BCUT2D eigenvalue weighted by molar-refractivity contribution is 5.67. The van der Waals surface area contributed by atoms with E-state index in [-0.39, 0.29) is 5.82 Å². The van der Waals surface area contributed by atoms with Crippen LogP contribution in [0.3, 0.4) is 0 Å². The Balaban J connectivity index is 2.37. The Morgan fingerprint density at radius 1 is 1.50 bits per heavy atom. The lowest BCUT2D eigenvalue weighted by atomic mass is 10.2. The van der Waals surface area contributed by atoms with Gasteiger partial charge in [-0.3, -0.25) is 9.90 Å². The topological polar surface area (TPSA) is 38.5 Å². The Morgan fingerprint density at radius 3 is 2.93 bits per heavy atom. The van der Waals surface area contributed by atoms with Crippen LogP contribution >= 0.6 is 0 Å². The molecule has 4 heteroatoms. The molecule has 0 atom stereocenters. The molecule has 2 rings (SSSR count). The molecule has 3 nitrogen and oxygen atoms in total. The van der Waals surface area contributed by atoms with Crippen molar-refractivity contribution < 1.29 is 9.23 Å². The minimum absolute atomic E-state index is 0.273. The fraction of sp³-hybridized carbons (Fsp3) is 0.400. The summed E-state index contributed by atoms with van der Waals surface area (Å²) in [5.74, 6) is -0.273. The van der Waals surface area contributed by atoms with Gasteiger partial charge >= 0.3 is 0 Å². The molecule has 1 aromatic rings. The van der Waals surface area contributed by atoms with Gasteiger partial charge in [-0.1, -0.05) is 0 Å². The summed E-state index contributed by atoms with van der Waals surface area (Å²) in [6.45, 7) is 3.24. The van der Waals surface area contributed by atoms with Gasteiger partial charge in [-0.2, -0.15) is 0 Å². The predicted molar refractivity (Wildman–Crippen MR) is 53.5 cm³/mol. The van der Waals surface area contributed by atoms with Crippen molar-refractivity contribution in [1.82, 2.24) is 0 Å². The number of hydrogen-bond acceptors (Lipinski definition) is 3. The molecule has 0 unspecified atom stereocenters. The van der Waals surface area contributed by atoms with Gasteiger partial charge in [-0.15, -0.1) is 0 Å². The average Bonchev–Trinajstić information content (AvgIpc) is 2.64. The SMILES string of the molecule is Cc1cc(N2CCCO2)c(N)cc1F. The molecule has 0 saturated carbocycles. The van der Waals surface area contributed by atoms with Gasteiger partial charge in [0.2, 0.25) is 0 Å². The number of aryl methyl sites for hydroxylation is 1. The minimum atomic E-state index is -0.273. The molecular weight excluding hydrogens is 183 g/mol. The summed E-state index contributed by atoms with van der Waals surface area (Å²) in [5.41, 5.74) is 7.49. The lowest BCUT2D eigenvalue weighted by molar-refractivity contribution is 0.168. The number of hydroxylamine groups is 1. The Labute approximate surface area is 82.2 Å². The Hall–Kier alpha value is -1.29. The third-order valence-electron chi connectivity index (χ3n) is 2.33. The first-order chi connectivity index (χ1) is 6.68. The van der Waals surface area contributed by atoms with Gasteiger partial charge in [0.1, 0.15) is 5.82 Å². The Kier molecular flexibility index (Phi) is 2.29. The fourth-order valence-electron chi connectivity index (χ4n) is 1.54. The van der Waals surface area contributed by atoms with E-state index in [4.69, 9.17) is 10.6 Å². The second-order valence-corrected chi connectivity index (χ2v) is 3.45. The maximum absolute atomic E-state index is 13.1. The second-order valence-electron chi connectivity index (χ2n) is 3.45. The number of halogens is 1. The van der Waals surface area contributed by atoms with E-state index in [1.165, 1.54) is 6.07 Å². The molecule has 1 fully saturated rings. The van der Waals surface area contributed by atoms with Crippen molar-refractivity contribution in [2.24, 2.45) is 0 Å². The quantitative estimate of drug-likeness (QED) is 0.697. The van der Waals surface area contributed by atoms with Crippen LogP contribution in [0.25, 0.3) is 0 Å². The molecule has 0 aromatic heterocycles. The zero-order valence-electron chi connectivity index (χ0n) is 8.09. The van der Waals surface area contributed by atoms with Crippen molar-refractivity contribution in [1.29, 1.82) is 0 Å². The first kappa shape index (κ1) is 9.27. The maximum Gasteiger partial charge on any atom is 0.128 e. The number of benzene rings is 1. The van der Waals surface area contributed by atoms with E-state index in [0.717, 1.165) is 18.7 Å². The van der Waals surface area contributed by atoms with Crippen LogP contribution in [0.5, 0.6) is 0 Å². The lowest BCUT2D eigenvalue weighted by Gasteiger charge is -2.18. The van der Waals surface area contributed by atoms with Crippen molar-refractivity contribution in [2.75, 3.05) is 23.9 Å². The largest absolute Gasteiger partial charge is 0.397 e. The van der Waals surface area contributed by atoms with E-state index in [1.54, 1.807) is 18.1 Å². The van der Waals surface area contributed by atoms with Crippen LogP contribution in [0.4, 0.5) is 15.8 Å². The zero-order valence-corrected chi connectivity index (χ0v) is 8.09. The van der Waals surface area contributed by atoms with Crippen LogP contribution in [0.1, 0.15) is 12.0 Å². The Morgan fingerprint density at radius 2 is 2.29 bits per heavy atom. The standard InChI is InChI=1S/C10H13FN2O/c1-7-5-10(9(12)6-8(7)11)13-3-2-4-14-13/h5-6H,2-4,12H2,1H3. The molecule has 1 aliphatic heterocycles. The van der Waals surface area contributed by atoms with Gasteiger partial charge in [0.15, 0.2) is 0 Å². The summed E-state index contributed by atoms with van der Waals surface area (Å²) >= 11 is 0. The van der Waals surface area contributed by atoms with Crippen molar-refractivity contribution in [3.63, 3.8) is 0 Å². The van der Waals surface area contributed by atoms with Crippen LogP contribution in [0.2, 0.25) is 0 Å². The van der Waals surface area contributed by atoms with Crippen molar-refractivity contribution in [3.05, 3.63) is 23.5 Å². The molecule has 76 valence electrons. The summed E-state index contributed by atoms with van der Waals surface area (Å²) in [6.07, 6.45) is 0.982. The van der Waals surface area contributed by atoms with E-state index >= 15 is 0 Å². The van der Waals surface area contributed by atoms with Crippen LogP contribution in [0.15, 0.2) is 12.1 Å². The van der Waals surface area contributed by atoms with Gasteiger partial charge in [0.25, 0.3) is 0 Å². The van der Waals surface area contributed by atoms with Crippen LogP contribution in [-0.2, 0) is 4.84 Å². The molecule has 0 aliphatic carbocycles. The van der Waals surface area contributed by atoms with Crippen molar-refractivity contribution in [3.8, 4) is 0 Å². The smallest absolute Gasteiger partial charge is 0.128 e. The summed E-state index contributed by atoms with van der Waals surface area (Å²) < 4.78 is 13.1. The summed E-state index contributed by atoms with van der Waals surface area (Å²) in [4.78, 5) is 5.35. The molecule has 1 saturated heterocycles. The Bertz CT molecular complexity index is 348.